The first-order valence-corrected chi connectivity index (χ1v) is 5.50. The van der Waals surface area contributed by atoms with Gasteiger partial charge in [0.25, 0.3) is 0 Å². The minimum absolute atomic E-state index is 0.311. The van der Waals surface area contributed by atoms with E-state index in [1.807, 2.05) is 11.4 Å². The van der Waals surface area contributed by atoms with E-state index in [2.05, 4.69) is 10.7 Å². The van der Waals surface area contributed by atoms with Crippen LogP contribution in [0.15, 0.2) is 35.0 Å². The van der Waals surface area contributed by atoms with Crippen molar-refractivity contribution in [3.63, 3.8) is 0 Å². The van der Waals surface area contributed by atoms with E-state index in [-0.39, 0.29) is 5.82 Å². The molecule has 2 aromatic rings. The van der Waals surface area contributed by atoms with Gasteiger partial charge in [-0.05, 0) is 40.6 Å². The van der Waals surface area contributed by atoms with Crippen molar-refractivity contribution < 1.29 is 4.39 Å². The van der Waals surface area contributed by atoms with Crippen molar-refractivity contribution in [3.05, 3.63) is 46.4 Å². The zero-order valence-corrected chi connectivity index (χ0v) is 8.85. The Morgan fingerprint density at radius 2 is 2.20 bits per heavy atom. The van der Waals surface area contributed by atoms with Crippen LogP contribution in [0.3, 0.4) is 0 Å². The molecule has 4 heteroatoms. The van der Waals surface area contributed by atoms with Crippen molar-refractivity contribution >= 4 is 22.7 Å². The quantitative estimate of drug-likeness (QED) is 0.783. The van der Waals surface area contributed by atoms with Crippen LogP contribution in [0, 0.1) is 5.82 Å². The molecule has 0 fully saturated rings. The van der Waals surface area contributed by atoms with Crippen LogP contribution in [0.5, 0.6) is 0 Å². The molecule has 0 unspecified atom stereocenters. The number of nitrogens with two attached hydrogens (primary N) is 1. The minimum Gasteiger partial charge on any atom is -0.397 e. The molecule has 15 heavy (non-hydrogen) atoms. The first kappa shape index (κ1) is 9.98. The molecule has 0 aliphatic carbocycles. The Kier molecular flexibility index (Phi) is 2.87. The molecule has 1 aromatic heterocycles. The Hall–Kier alpha value is -1.55. The van der Waals surface area contributed by atoms with Gasteiger partial charge in [-0.3, -0.25) is 0 Å². The largest absolute Gasteiger partial charge is 0.397 e. The summed E-state index contributed by atoms with van der Waals surface area (Å²) in [6, 6.07) is 6.40. The summed E-state index contributed by atoms with van der Waals surface area (Å²) in [7, 11) is 0. The third-order valence-electron chi connectivity index (χ3n) is 2.08. The fourth-order valence-electron chi connectivity index (χ4n) is 1.29. The van der Waals surface area contributed by atoms with Crippen LogP contribution in [-0.2, 0) is 6.54 Å². The van der Waals surface area contributed by atoms with Gasteiger partial charge in [-0.1, -0.05) is 0 Å². The maximum Gasteiger partial charge on any atom is 0.125 e. The van der Waals surface area contributed by atoms with Gasteiger partial charge in [-0.25, -0.2) is 4.39 Å². The maximum atomic E-state index is 12.8. The lowest BCUT2D eigenvalue weighted by atomic mass is 10.2. The molecule has 0 aliphatic heterocycles. The average Bonchev–Trinajstić information content (AvgIpc) is 2.69. The standard InChI is InChI=1S/C11H11FN2S/c12-9-1-2-11(10(13)5-9)14-6-8-3-4-15-7-8/h1-5,7,14H,6,13H2. The van der Waals surface area contributed by atoms with E-state index in [9.17, 15) is 4.39 Å². The molecule has 1 heterocycles. The molecular formula is C11H11FN2S. The van der Waals surface area contributed by atoms with Gasteiger partial charge in [0.1, 0.15) is 5.82 Å². The number of benzene rings is 1. The third-order valence-corrected chi connectivity index (χ3v) is 2.81. The van der Waals surface area contributed by atoms with Crippen LogP contribution in [0.4, 0.5) is 15.8 Å². The second-order valence-electron chi connectivity index (χ2n) is 3.22. The van der Waals surface area contributed by atoms with Crippen LogP contribution in [0.25, 0.3) is 0 Å². The lowest BCUT2D eigenvalue weighted by Crippen LogP contribution is -2.01. The number of nitrogen functional groups attached to an aromatic ring is 1. The number of halogens is 1. The molecule has 0 saturated carbocycles. The van der Waals surface area contributed by atoms with Crippen LogP contribution < -0.4 is 11.1 Å². The molecule has 0 amide bonds. The second kappa shape index (κ2) is 4.31. The highest BCUT2D eigenvalue weighted by Gasteiger charge is 2.00. The van der Waals surface area contributed by atoms with Crippen molar-refractivity contribution in [2.45, 2.75) is 6.54 Å². The first-order chi connectivity index (χ1) is 7.25. The van der Waals surface area contributed by atoms with Crippen molar-refractivity contribution in [1.29, 1.82) is 0 Å². The van der Waals surface area contributed by atoms with E-state index in [0.717, 1.165) is 5.69 Å². The van der Waals surface area contributed by atoms with Crippen molar-refractivity contribution in [3.8, 4) is 0 Å². The Morgan fingerprint density at radius 3 is 2.87 bits per heavy atom. The predicted octanol–water partition coefficient (Wildman–Crippen LogP) is 3.08. The molecule has 3 N–H and O–H groups in total. The van der Waals surface area contributed by atoms with E-state index in [4.69, 9.17) is 5.73 Å². The second-order valence-corrected chi connectivity index (χ2v) is 4.00. The summed E-state index contributed by atoms with van der Waals surface area (Å²) in [6.45, 7) is 0.708. The van der Waals surface area contributed by atoms with Gasteiger partial charge in [-0.2, -0.15) is 11.3 Å². The molecule has 0 spiro atoms. The van der Waals surface area contributed by atoms with E-state index in [1.165, 1.54) is 17.7 Å². The lowest BCUT2D eigenvalue weighted by Gasteiger charge is -2.07. The van der Waals surface area contributed by atoms with Crippen molar-refractivity contribution in [2.75, 3.05) is 11.1 Å². The fraction of sp³-hybridized carbons (Fsp3) is 0.0909. The minimum atomic E-state index is -0.311. The van der Waals surface area contributed by atoms with Gasteiger partial charge in [0.15, 0.2) is 0 Å². The summed E-state index contributed by atoms with van der Waals surface area (Å²) in [6.07, 6.45) is 0. The SMILES string of the molecule is Nc1cc(F)ccc1NCc1ccsc1. The summed E-state index contributed by atoms with van der Waals surface area (Å²) in [4.78, 5) is 0. The van der Waals surface area contributed by atoms with Crippen LogP contribution in [0.2, 0.25) is 0 Å². The Balaban J connectivity index is 2.05. The Morgan fingerprint density at radius 1 is 1.33 bits per heavy atom. The highest BCUT2D eigenvalue weighted by atomic mass is 32.1. The summed E-state index contributed by atoms with van der Waals surface area (Å²) >= 11 is 1.65. The zero-order valence-electron chi connectivity index (χ0n) is 8.03. The fourth-order valence-corrected chi connectivity index (χ4v) is 1.95. The molecule has 2 nitrogen and oxygen atoms in total. The molecule has 0 radical (unpaired) electrons. The average molecular weight is 222 g/mol. The number of anilines is 2. The van der Waals surface area contributed by atoms with Crippen LogP contribution in [0.1, 0.15) is 5.56 Å². The lowest BCUT2D eigenvalue weighted by molar-refractivity contribution is 0.628. The van der Waals surface area contributed by atoms with E-state index >= 15 is 0 Å². The van der Waals surface area contributed by atoms with E-state index in [0.29, 0.717) is 12.2 Å². The summed E-state index contributed by atoms with van der Waals surface area (Å²) in [5.74, 6) is -0.311. The van der Waals surface area contributed by atoms with Gasteiger partial charge in [0.2, 0.25) is 0 Å². The topological polar surface area (TPSA) is 38.0 Å². The third kappa shape index (κ3) is 2.47. The number of thiophene rings is 1. The Labute approximate surface area is 91.5 Å². The monoisotopic (exact) mass is 222 g/mol. The molecular weight excluding hydrogens is 211 g/mol. The summed E-state index contributed by atoms with van der Waals surface area (Å²) in [5.41, 5.74) is 8.06. The number of nitrogens with one attached hydrogen (secondary N) is 1. The van der Waals surface area contributed by atoms with Gasteiger partial charge in [0.05, 0.1) is 11.4 Å². The van der Waals surface area contributed by atoms with Crippen molar-refractivity contribution in [1.82, 2.24) is 0 Å². The first-order valence-electron chi connectivity index (χ1n) is 4.55. The zero-order chi connectivity index (χ0) is 10.7. The molecule has 1 aromatic carbocycles. The van der Waals surface area contributed by atoms with Crippen LogP contribution in [-0.4, -0.2) is 0 Å². The van der Waals surface area contributed by atoms with Crippen LogP contribution >= 0.6 is 11.3 Å². The number of rotatable bonds is 3. The molecule has 0 atom stereocenters. The van der Waals surface area contributed by atoms with Gasteiger partial charge >= 0.3 is 0 Å². The van der Waals surface area contributed by atoms with Crippen molar-refractivity contribution in [2.24, 2.45) is 0 Å². The van der Waals surface area contributed by atoms with Gasteiger partial charge in [0, 0.05) is 6.54 Å². The highest BCUT2D eigenvalue weighted by Crippen LogP contribution is 2.20. The molecule has 0 aliphatic rings. The number of hydrogen-bond donors (Lipinski definition) is 2. The normalized spacial score (nSPS) is 10.2. The molecule has 78 valence electrons. The van der Waals surface area contributed by atoms with E-state index < -0.39 is 0 Å². The van der Waals surface area contributed by atoms with Gasteiger partial charge in [-0.15, -0.1) is 0 Å². The summed E-state index contributed by atoms with van der Waals surface area (Å²) < 4.78 is 12.8. The smallest absolute Gasteiger partial charge is 0.125 e. The maximum absolute atomic E-state index is 12.8. The summed E-state index contributed by atoms with van der Waals surface area (Å²) in [5, 5.41) is 7.24. The van der Waals surface area contributed by atoms with Gasteiger partial charge < -0.3 is 11.1 Å². The molecule has 2 rings (SSSR count). The predicted molar refractivity (Wildman–Crippen MR) is 62.5 cm³/mol. The number of hydrogen-bond acceptors (Lipinski definition) is 3. The molecule has 0 bridgehead atoms. The highest BCUT2D eigenvalue weighted by molar-refractivity contribution is 7.07. The Bertz CT molecular complexity index is 440. The van der Waals surface area contributed by atoms with E-state index in [1.54, 1.807) is 17.4 Å². The molecule has 0 saturated heterocycles.